The fourth-order valence-corrected chi connectivity index (χ4v) is 2.21. The first kappa shape index (κ1) is 16.2. The van der Waals surface area contributed by atoms with Gasteiger partial charge in [-0.3, -0.25) is 10.3 Å². The number of amides is 1. The maximum atomic E-state index is 13.8. The fraction of sp³-hybridized carbons (Fsp3) is 0.333. The van der Waals surface area contributed by atoms with Crippen molar-refractivity contribution in [3.05, 3.63) is 40.6 Å². The largest absolute Gasteiger partial charge is 0.444 e. The summed E-state index contributed by atoms with van der Waals surface area (Å²) >= 11 is 1.48. The van der Waals surface area contributed by atoms with Crippen LogP contribution in [0.4, 0.5) is 20.6 Å². The molecule has 1 aromatic carbocycles. The monoisotopic (exact) mass is 323 g/mol. The fourth-order valence-electron chi connectivity index (χ4n) is 1.67. The van der Waals surface area contributed by atoms with Crippen molar-refractivity contribution in [3.8, 4) is 0 Å². The van der Waals surface area contributed by atoms with Crippen LogP contribution in [-0.2, 0) is 11.3 Å². The van der Waals surface area contributed by atoms with Crippen LogP contribution < -0.4 is 10.6 Å². The molecule has 0 radical (unpaired) electrons. The summed E-state index contributed by atoms with van der Waals surface area (Å²) in [6.45, 7) is 5.80. The third-order valence-electron chi connectivity index (χ3n) is 2.55. The van der Waals surface area contributed by atoms with Gasteiger partial charge in [-0.1, -0.05) is 0 Å². The van der Waals surface area contributed by atoms with Crippen molar-refractivity contribution in [1.29, 1.82) is 0 Å². The highest BCUT2D eigenvalue weighted by molar-refractivity contribution is 7.09. The van der Waals surface area contributed by atoms with Crippen LogP contribution in [0.15, 0.2) is 29.9 Å². The average Bonchev–Trinajstić information content (AvgIpc) is 2.90. The molecule has 2 rings (SSSR count). The van der Waals surface area contributed by atoms with E-state index >= 15 is 0 Å². The highest BCUT2D eigenvalue weighted by Crippen LogP contribution is 2.21. The SMILES string of the molecule is CC(C)(C)OC(=O)Nc1ccc(F)c(NCc2cncs2)c1. The molecule has 0 aliphatic carbocycles. The lowest BCUT2D eigenvalue weighted by Gasteiger charge is -2.20. The smallest absolute Gasteiger partial charge is 0.412 e. The summed E-state index contributed by atoms with van der Waals surface area (Å²) in [6, 6.07) is 4.30. The Labute approximate surface area is 132 Å². The summed E-state index contributed by atoms with van der Waals surface area (Å²) in [6.07, 6.45) is 1.14. The lowest BCUT2D eigenvalue weighted by atomic mass is 10.2. The van der Waals surface area contributed by atoms with E-state index in [0.717, 1.165) is 4.88 Å². The molecule has 22 heavy (non-hydrogen) atoms. The van der Waals surface area contributed by atoms with Crippen LogP contribution in [0.25, 0.3) is 0 Å². The number of carbonyl (C=O) groups is 1. The number of nitrogens with zero attached hydrogens (tertiary/aromatic N) is 1. The number of hydrogen-bond acceptors (Lipinski definition) is 5. The van der Waals surface area contributed by atoms with Gasteiger partial charge in [-0.25, -0.2) is 9.18 Å². The van der Waals surface area contributed by atoms with Gasteiger partial charge in [0.2, 0.25) is 0 Å². The number of nitrogens with one attached hydrogen (secondary N) is 2. The Balaban J connectivity index is 2.01. The van der Waals surface area contributed by atoms with Gasteiger partial charge in [-0.05, 0) is 39.0 Å². The van der Waals surface area contributed by atoms with E-state index < -0.39 is 11.7 Å². The third-order valence-corrected chi connectivity index (χ3v) is 3.33. The van der Waals surface area contributed by atoms with Crippen LogP contribution in [0.2, 0.25) is 0 Å². The van der Waals surface area contributed by atoms with E-state index in [1.54, 1.807) is 32.5 Å². The molecule has 7 heteroatoms. The number of anilines is 2. The van der Waals surface area contributed by atoms with E-state index in [4.69, 9.17) is 4.74 Å². The molecule has 1 amide bonds. The van der Waals surface area contributed by atoms with Gasteiger partial charge in [0.1, 0.15) is 11.4 Å². The van der Waals surface area contributed by atoms with E-state index in [1.165, 1.54) is 29.5 Å². The van der Waals surface area contributed by atoms with E-state index in [2.05, 4.69) is 15.6 Å². The molecule has 0 fully saturated rings. The minimum absolute atomic E-state index is 0.307. The second-order valence-corrected chi connectivity index (χ2v) is 6.61. The summed E-state index contributed by atoms with van der Waals surface area (Å²) in [4.78, 5) is 16.7. The first-order chi connectivity index (χ1) is 10.3. The summed E-state index contributed by atoms with van der Waals surface area (Å²) in [7, 11) is 0. The van der Waals surface area contributed by atoms with Crippen LogP contribution in [0.3, 0.4) is 0 Å². The first-order valence-corrected chi connectivity index (χ1v) is 7.62. The number of ether oxygens (including phenoxy) is 1. The molecule has 2 aromatic rings. The van der Waals surface area contributed by atoms with Crippen molar-refractivity contribution in [2.24, 2.45) is 0 Å². The van der Waals surface area contributed by atoms with Crippen LogP contribution in [0, 0.1) is 5.82 Å². The second-order valence-electron chi connectivity index (χ2n) is 5.64. The molecular formula is C15H18FN3O2S. The topological polar surface area (TPSA) is 63.2 Å². The Bertz CT molecular complexity index is 639. The van der Waals surface area contributed by atoms with Crippen LogP contribution in [-0.4, -0.2) is 16.7 Å². The average molecular weight is 323 g/mol. The molecule has 1 heterocycles. The number of thiazole rings is 1. The number of benzene rings is 1. The molecule has 1 aromatic heterocycles. The highest BCUT2D eigenvalue weighted by Gasteiger charge is 2.16. The lowest BCUT2D eigenvalue weighted by molar-refractivity contribution is 0.0636. The van der Waals surface area contributed by atoms with E-state index in [1.807, 2.05) is 0 Å². The van der Waals surface area contributed by atoms with Crippen molar-refractivity contribution >= 4 is 28.8 Å². The molecule has 0 spiro atoms. The minimum atomic E-state index is -0.586. The quantitative estimate of drug-likeness (QED) is 0.883. The van der Waals surface area contributed by atoms with Gasteiger partial charge in [0, 0.05) is 16.8 Å². The highest BCUT2D eigenvalue weighted by atomic mass is 32.1. The van der Waals surface area contributed by atoms with Gasteiger partial charge in [0.25, 0.3) is 0 Å². The molecule has 5 nitrogen and oxygen atoms in total. The Morgan fingerprint density at radius 2 is 2.18 bits per heavy atom. The van der Waals surface area contributed by atoms with Gasteiger partial charge in [-0.2, -0.15) is 0 Å². The van der Waals surface area contributed by atoms with Gasteiger partial charge in [-0.15, -0.1) is 11.3 Å². The summed E-state index contributed by atoms with van der Waals surface area (Å²) in [5, 5.41) is 5.56. The minimum Gasteiger partial charge on any atom is -0.444 e. The number of hydrogen-bond donors (Lipinski definition) is 2. The van der Waals surface area contributed by atoms with E-state index in [0.29, 0.717) is 17.9 Å². The predicted octanol–water partition coefficient (Wildman–Crippen LogP) is 4.24. The molecule has 118 valence electrons. The van der Waals surface area contributed by atoms with Crippen LogP contribution in [0.1, 0.15) is 25.6 Å². The Morgan fingerprint density at radius 3 is 2.82 bits per heavy atom. The molecule has 0 atom stereocenters. The Morgan fingerprint density at radius 1 is 1.41 bits per heavy atom. The summed E-state index contributed by atoms with van der Waals surface area (Å²) < 4.78 is 18.9. The zero-order valence-corrected chi connectivity index (χ0v) is 13.5. The predicted molar refractivity (Wildman–Crippen MR) is 85.7 cm³/mol. The Kier molecular flexibility index (Phi) is 4.97. The normalized spacial score (nSPS) is 11.1. The molecule has 0 saturated heterocycles. The second kappa shape index (κ2) is 6.74. The van der Waals surface area contributed by atoms with Crippen molar-refractivity contribution in [2.75, 3.05) is 10.6 Å². The molecule has 0 saturated carbocycles. The molecule has 0 unspecified atom stereocenters. The first-order valence-electron chi connectivity index (χ1n) is 6.74. The van der Waals surface area contributed by atoms with E-state index in [-0.39, 0.29) is 5.82 Å². The third kappa shape index (κ3) is 5.00. The lowest BCUT2D eigenvalue weighted by Crippen LogP contribution is -2.27. The summed E-state index contributed by atoms with van der Waals surface area (Å²) in [5.74, 6) is -0.390. The number of rotatable bonds is 4. The maximum absolute atomic E-state index is 13.8. The van der Waals surface area contributed by atoms with Crippen molar-refractivity contribution < 1.29 is 13.9 Å². The summed E-state index contributed by atoms with van der Waals surface area (Å²) in [5.41, 5.74) is 1.90. The van der Waals surface area contributed by atoms with Gasteiger partial charge in [0.15, 0.2) is 0 Å². The van der Waals surface area contributed by atoms with Crippen molar-refractivity contribution in [1.82, 2.24) is 4.98 Å². The number of halogens is 1. The molecular weight excluding hydrogens is 305 g/mol. The molecule has 0 aliphatic rings. The Hall–Kier alpha value is -2.15. The molecule has 2 N–H and O–H groups in total. The van der Waals surface area contributed by atoms with E-state index in [9.17, 15) is 9.18 Å². The number of aromatic nitrogens is 1. The molecule has 0 aliphatic heterocycles. The standard InChI is InChI=1S/C15H18FN3O2S/c1-15(2,3)21-14(20)19-10-4-5-12(16)13(6-10)18-8-11-7-17-9-22-11/h4-7,9,18H,8H2,1-3H3,(H,19,20). The van der Waals surface area contributed by atoms with Crippen molar-refractivity contribution in [2.45, 2.75) is 32.9 Å². The van der Waals surface area contributed by atoms with Gasteiger partial charge in [0.05, 0.1) is 17.7 Å². The zero-order chi connectivity index (χ0) is 16.2. The van der Waals surface area contributed by atoms with Crippen LogP contribution >= 0.6 is 11.3 Å². The van der Waals surface area contributed by atoms with Crippen molar-refractivity contribution in [3.63, 3.8) is 0 Å². The molecule has 0 bridgehead atoms. The maximum Gasteiger partial charge on any atom is 0.412 e. The number of carbonyl (C=O) groups excluding carboxylic acids is 1. The van der Waals surface area contributed by atoms with Crippen LogP contribution in [0.5, 0.6) is 0 Å². The van der Waals surface area contributed by atoms with Gasteiger partial charge >= 0.3 is 6.09 Å². The zero-order valence-electron chi connectivity index (χ0n) is 12.6. The van der Waals surface area contributed by atoms with Gasteiger partial charge < -0.3 is 10.1 Å².